The first-order valence-corrected chi connectivity index (χ1v) is 4.44. The van der Waals surface area contributed by atoms with Crippen LogP contribution in [0.5, 0.6) is 0 Å². The monoisotopic (exact) mass is 236 g/mol. The van der Waals surface area contributed by atoms with E-state index >= 15 is 0 Å². The van der Waals surface area contributed by atoms with Crippen molar-refractivity contribution in [2.75, 3.05) is 6.54 Å². The van der Waals surface area contributed by atoms with Crippen molar-refractivity contribution in [3.05, 3.63) is 12.4 Å². The van der Waals surface area contributed by atoms with Gasteiger partial charge in [-0.05, 0) is 27.7 Å². The third-order valence-corrected chi connectivity index (χ3v) is 1.74. The SMILES string of the molecule is C=C1NC(C)(C)NN1CC(C)(C)O.[V]. The summed E-state index contributed by atoms with van der Waals surface area (Å²) in [7, 11) is 0. The van der Waals surface area contributed by atoms with Gasteiger partial charge in [0, 0.05) is 18.6 Å². The van der Waals surface area contributed by atoms with Crippen molar-refractivity contribution in [2.24, 2.45) is 0 Å². The molecule has 0 unspecified atom stereocenters. The maximum absolute atomic E-state index is 9.62. The second-order valence-corrected chi connectivity index (χ2v) is 4.71. The van der Waals surface area contributed by atoms with E-state index in [4.69, 9.17) is 0 Å². The van der Waals surface area contributed by atoms with E-state index in [9.17, 15) is 5.11 Å². The van der Waals surface area contributed by atoms with Gasteiger partial charge in [0.2, 0.25) is 0 Å². The summed E-state index contributed by atoms with van der Waals surface area (Å²) in [5.41, 5.74) is 2.30. The molecule has 81 valence electrons. The number of aliphatic hydroxyl groups is 1. The molecule has 0 bridgehead atoms. The van der Waals surface area contributed by atoms with Crippen LogP contribution in [0.4, 0.5) is 0 Å². The van der Waals surface area contributed by atoms with Gasteiger partial charge in [-0.2, -0.15) is 0 Å². The summed E-state index contributed by atoms with van der Waals surface area (Å²) < 4.78 is 0. The van der Waals surface area contributed by atoms with Crippen molar-refractivity contribution in [3.8, 4) is 0 Å². The summed E-state index contributed by atoms with van der Waals surface area (Å²) in [6.45, 7) is 11.9. The van der Waals surface area contributed by atoms with Crippen molar-refractivity contribution < 1.29 is 23.7 Å². The fourth-order valence-corrected chi connectivity index (χ4v) is 1.38. The van der Waals surface area contributed by atoms with Gasteiger partial charge in [0.15, 0.2) is 0 Å². The van der Waals surface area contributed by atoms with Gasteiger partial charge in [0.1, 0.15) is 11.5 Å². The van der Waals surface area contributed by atoms with E-state index in [2.05, 4.69) is 17.3 Å². The number of hydrazine groups is 1. The predicted molar refractivity (Wildman–Crippen MR) is 52.5 cm³/mol. The molecule has 0 aromatic rings. The Kier molecular flexibility index (Phi) is 4.10. The molecular formula is C9H19N3OV. The molecule has 5 heteroatoms. The Bertz CT molecular complexity index is 223. The molecule has 1 radical (unpaired) electrons. The third-order valence-electron chi connectivity index (χ3n) is 1.74. The molecule has 0 atom stereocenters. The first-order valence-electron chi connectivity index (χ1n) is 4.44. The molecule has 0 amide bonds. The average molecular weight is 236 g/mol. The van der Waals surface area contributed by atoms with Crippen LogP contribution < -0.4 is 10.7 Å². The number of hydrogen-bond acceptors (Lipinski definition) is 4. The first-order chi connectivity index (χ1) is 5.70. The molecule has 1 rings (SSSR count). The molecule has 1 aliphatic rings. The minimum atomic E-state index is -0.724. The Morgan fingerprint density at radius 3 is 2.29 bits per heavy atom. The number of β-amino-alcohol motifs (C(OH)–C–C–N with tert-alkyl or cyclic N) is 1. The zero-order valence-corrected chi connectivity index (χ0v) is 10.7. The van der Waals surface area contributed by atoms with Crippen LogP contribution in [0.3, 0.4) is 0 Å². The van der Waals surface area contributed by atoms with E-state index in [0.717, 1.165) is 5.82 Å². The molecule has 3 N–H and O–H groups in total. The molecule has 4 nitrogen and oxygen atoms in total. The molecule has 0 spiro atoms. The Morgan fingerprint density at radius 1 is 1.50 bits per heavy atom. The van der Waals surface area contributed by atoms with Crippen LogP contribution in [0.25, 0.3) is 0 Å². The van der Waals surface area contributed by atoms with Crippen LogP contribution in [-0.4, -0.2) is 27.9 Å². The number of rotatable bonds is 2. The predicted octanol–water partition coefficient (Wildman–Crippen LogP) is 0.372. The molecule has 1 aliphatic heterocycles. The van der Waals surface area contributed by atoms with Crippen molar-refractivity contribution in [2.45, 2.75) is 39.0 Å². The zero-order chi connectivity index (χ0) is 10.3. The summed E-state index contributed by atoms with van der Waals surface area (Å²) in [5.74, 6) is 0.798. The van der Waals surface area contributed by atoms with Crippen LogP contribution in [0.1, 0.15) is 27.7 Å². The summed E-state index contributed by atoms with van der Waals surface area (Å²) in [5, 5.41) is 14.6. The Balaban J connectivity index is 0.00000169. The molecule has 1 saturated heterocycles. The molecule has 14 heavy (non-hydrogen) atoms. The van der Waals surface area contributed by atoms with Crippen LogP contribution in [0, 0.1) is 0 Å². The van der Waals surface area contributed by atoms with E-state index < -0.39 is 5.60 Å². The molecule has 1 heterocycles. The van der Waals surface area contributed by atoms with E-state index in [0.29, 0.717) is 6.54 Å². The summed E-state index contributed by atoms with van der Waals surface area (Å²) in [6, 6.07) is 0. The van der Waals surface area contributed by atoms with Crippen molar-refractivity contribution in [3.63, 3.8) is 0 Å². The number of nitrogens with zero attached hydrogens (tertiary/aromatic N) is 1. The maximum Gasteiger partial charge on any atom is 0.110 e. The molecular weight excluding hydrogens is 217 g/mol. The zero-order valence-electron chi connectivity index (χ0n) is 9.26. The van der Waals surface area contributed by atoms with Crippen molar-refractivity contribution >= 4 is 0 Å². The fourth-order valence-electron chi connectivity index (χ4n) is 1.38. The van der Waals surface area contributed by atoms with Gasteiger partial charge in [-0.15, -0.1) is 0 Å². The Hall–Kier alpha value is -0.156. The minimum absolute atomic E-state index is 0. The van der Waals surface area contributed by atoms with Crippen LogP contribution in [0.2, 0.25) is 0 Å². The second kappa shape index (κ2) is 4.15. The van der Waals surface area contributed by atoms with Gasteiger partial charge >= 0.3 is 0 Å². The number of nitrogens with one attached hydrogen (secondary N) is 2. The Morgan fingerprint density at radius 2 is 2.00 bits per heavy atom. The molecule has 0 aliphatic carbocycles. The molecule has 1 fully saturated rings. The molecule has 0 aromatic heterocycles. The smallest absolute Gasteiger partial charge is 0.110 e. The van der Waals surface area contributed by atoms with Gasteiger partial charge < -0.3 is 10.4 Å². The van der Waals surface area contributed by atoms with Gasteiger partial charge in [-0.1, -0.05) is 6.58 Å². The van der Waals surface area contributed by atoms with E-state index in [1.165, 1.54) is 0 Å². The van der Waals surface area contributed by atoms with E-state index in [1.807, 2.05) is 18.9 Å². The number of hydrogen-bond donors (Lipinski definition) is 3. The van der Waals surface area contributed by atoms with Gasteiger partial charge in [-0.3, -0.25) is 5.01 Å². The van der Waals surface area contributed by atoms with E-state index in [-0.39, 0.29) is 24.2 Å². The quantitative estimate of drug-likeness (QED) is 0.648. The fraction of sp³-hybridized carbons (Fsp3) is 0.778. The van der Waals surface area contributed by atoms with Crippen molar-refractivity contribution in [1.82, 2.24) is 15.8 Å². The average Bonchev–Trinajstić information content (AvgIpc) is 2.00. The van der Waals surface area contributed by atoms with Gasteiger partial charge in [-0.25, -0.2) is 5.43 Å². The standard InChI is InChI=1S/C9H19N3O.V/c1-7-10-9(4,5)11-12(7)6-8(2,3)13;/h10-11,13H,1,6H2,2-5H3;. The maximum atomic E-state index is 9.62. The molecule has 0 saturated carbocycles. The summed E-state index contributed by atoms with van der Waals surface area (Å²) in [4.78, 5) is 0. The first kappa shape index (κ1) is 13.8. The normalized spacial score (nSPS) is 20.4. The van der Waals surface area contributed by atoms with Crippen molar-refractivity contribution in [1.29, 1.82) is 0 Å². The molecule has 0 aromatic carbocycles. The third kappa shape index (κ3) is 3.92. The summed E-state index contributed by atoms with van der Waals surface area (Å²) >= 11 is 0. The van der Waals surface area contributed by atoms with Crippen LogP contribution >= 0.6 is 0 Å². The van der Waals surface area contributed by atoms with E-state index in [1.54, 1.807) is 13.8 Å². The topological polar surface area (TPSA) is 47.5 Å². The Labute approximate surface area is 97.6 Å². The second-order valence-electron chi connectivity index (χ2n) is 4.71. The largest absolute Gasteiger partial charge is 0.389 e. The van der Waals surface area contributed by atoms with Gasteiger partial charge in [0.25, 0.3) is 0 Å². The van der Waals surface area contributed by atoms with Crippen LogP contribution in [-0.2, 0) is 18.6 Å². The summed E-state index contributed by atoms with van der Waals surface area (Å²) in [6.07, 6.45) is 0. The van der Waals surface area contributed by atoms with Gasteiger partial charge in [0.05, 0.1) is 12.1 Å². The minimum Gasteiger partial charge on any atom is -0.389 e. The van der Waals surface area contributed by atoms with Crippen LogP contribution in [0.15, 0.2) is 12.4 Å².